The van der Waals surface area contributed by atoms with E-state index in [0.717, 1.165) is 29.8 Å². The number of halogens is 2. The summed E-state index contributed by atoms with van der Waals surface area (Å²) in [6.45, 7) is 1.76. The highest BCUT2D eigenvalue weighted by Gasteiger charge is 2.20. The second-order valence-corrected chi connectivity index (χ2v) is 5.50. The van der Waals surface area contributed by atoms with Crippen molar-refractivity contribution in [3.05, 3.63) is 51.3 Å². The molecule has 18 heavy (non-hydrogen) atoms. The molecule has 1 aliphatic rings. The Hall–Kier alpha value is -1.13. The van der Waals surface area contributed by atoms with Crippen LogP contribution >= 0.6 is 27.5 Å². The van der Waals surface area contributed by atoms with Crippen molar-refractivity contribution in [2.75, 3.05) is 11.4 Å². The maximum Gasteiger partial charge on any atom is 0.151 e. The largest absolute Gasteiger partial charge is 0.351 e. The first kappa shape index (κ1) is 11.9. The van der Waals surface area contributed by atoms with Gasteiger partial charge in [0.15, 0.2) is 5.82 Å². The van der Waals surface area contributed by atoms with Gasteiger partial charge in [-0.05, 0) is 23.6 Å². The van der Waals surface area contributed by atoms with E-state index in [1.54, 1.807) is 6.20 Å². The lowest BCUT2D eigenvalue weighted by Crippen LogP contribution is -2.31. The van der Waals surface area contributed by atoms with E-state index in [-0.39, 0.29) is 0 Å². The fourth-order valence-corrected chi connectivity index (χ4v) is 3.02. The molecule has 1 aliphatic heterocycles. The smallest absolute Gasteiger partial charge is 0.151 e. The van der Waals surface area contributed by atoms with Crippen LogP contribution in [0.15, 0.2) is 35.2 Å². The van der Waals surface area contributed by atoms with Crippen LogP contribution in [0.1, 0.15) is 11.1 Å². The summed E-state index contributed by atoms with van der Waals surface area (Å²) in [5.74, 6) is 0.813. The summed E-state index contributed by atoms with van der Waals surface area (Å²) in [6, 6.07) is 6.33. The van der Waals surface area contributed by atoms with Gasteiger partial charge in [0.25, 0.3) is 0 Å². The fraction of sp³-hybridized carbons (Fsp3) is 0.231. The average molecular weight is 325 g/mol. The van der Waals surface area contributed by atoms with Crippen LogP contribution in [0.3, 0.4) is 0 Å². The van der Waals surface area contributed by atoms with Crippen LogP contribution < -0.4 is 4.90 Å². The van der Waals surface area contributed by atoms with E-state index in [1.165, 1.54) is 17.5 Å². The molecule has 3 rings (SSSR count). The van der Waals surface area contributed by atoms with Gasteiger partial charge in [-0.3, -0.25) is 0 Å². The minimum absolute atomic E-state index is 0.605. The molecule has 0 bridgehead atoms. The van der Waals surface area contributed by atoms with Gasteiger partial charge in [-0.2, -0.15) is 0 Å². The molecule has 1 aromatic heterocycles. The lowest BCUT2D eigenvalue weighted by molar-refractivity contribution is 0.716. The maximum absolute atomic E-state index is 6.15. The Bertz CT molecular complexity index is 588. The SMILES string of the molecule is Clc1cncnc1N1CCc2cccc(Br)c2C1. The second kappa shape index (κ2) is 4.86. The van der Waals surface area contributed by atoms with Crippen LogP contribution in [0.25, 0.3) is 0 Å². The third kappa shape index (κ3) is 2.10. The molecule has 3 nitrogen and oxygen atoms in total. The van der Waals surface area contributed by atoms with Crippen molar-refractivity contribution in [3.63, 3.8) is 0 Å². The molecule has 1 aromatic carbocycles. The Morgan fingerprint density at radius 3 is 3.06 bits per heavy atom. The molecule has 0 spiro atoms. The number of anilines is 1. The molecule has 0 amide bonds. The number of hydrogen-bond donors (Lipinski definition) is 0. The van der Waals surface area contributed by atoms with Crippen molar-refractivity contribution in [2.45, 2.75) is 13.0 Å². The Morgan fingerprint density at radius 1 is 1.33 bits per heavy atom. The monoisotopic (exact) mass is 323 g/mol. The lowest BCUT2D eigenvalue weighted by Gasteiger charge is -2.30. The van der Waals surface area contributed by atoms with E-state index in [9.17, 15) is 0 Å². The molecule has 0 atom stereocenters. The minimum atomic E-state index is 0.605. The van der Waals surface area contributed by atoms with Crippen LogP contribution in [-0.2, 0) is 13.0 Å². The van der Waals surface area contributed by atoms with E-state index in [0.29, 0.717) is 5.02 Å². The number of rotatable bonds is 1. The van der Waals surface area contributed by atoms with Crippen molar-refractivity contribution < 1.29 is 0 Å². The minimum Gasteiger partial charge on any atom is -0.351 e. The zero-order valence-corrected chi connectivity index (χ0v) is 11.9. The molecule has 0 saturated heterocycles. The molecule has 5 heteroatoms. The van der Waals surface area contributed by atoms with Gasteiger partial charge in [0.2, 0.25) is 0 Å². The summed E-state index contributed by atoms with van der Waals surface area (Å²) < 4.78 is 1.15. The molecule has 0 aliphatic carbocycles. The highest BCUT2D eigenvalue weighted by molar-refractivity contribution is 9.10. The number of nitrogens with zero attached hydrogens (tertiary/aromatic N) is 3. The Labute approximate surface area is 119 Å². The summed E-state index contributed by atoms with van der Waals surface area (Å²) in [7, 11) is 0. The van der Waals surface area contributed by atoms with Gasteiger partial charge in [-0.25, -0.2) is 9.97 Å². The molecule has 2 heterocycles. The van der Waals surface area contributed by atoms with Crippen LogP contribution in [0, 0.1) is 0 Å². The normalized spacial score (nSPS) is 14.4. The van der Waals surface area contributed by atoms with Crippen molar-refractivity contribution in [1.29, 1.82) is 0 Å². The molecule has 0 N–H and O–H groups in total. The van der Waals surface area contributed by atoms with Crippen molar-refractivity contribution in [3.8, 4) is 0 Å². The third-order valence-corrected chi connectivity index (χ3v) is 4.17. The Balaban J connectivity index is 1.96. The Morgan fingerprint density at radius 2 is 2.22 bits per heavy atom. The summed E-state index contributed by atoms with van der Waals surface area (Å²) >= 11 is 9.75. The number of aromatic nitrogens is 2. The van der Waals surface area contributed by atoms with Crippen LogP contribution in [-0.4, -0.2) is 16.5 Å². The quantitative estimate of drug-likeness (QED) is 0.804. The van der Waals surface area contributed by atoms with Crippen LogP contribution in [0.4, 0.5) is 5.82 Å². The Kier molecular flexibility index (Phi) is 3.22. The zero-order valence-electron chi connectivity index (χ0n) is 9.61. The zero-order chi connectivity index (χ0) is 12.5. The van der Waals surface area contributed by atoms with Crippen LogP contribution in [0.5, 0.6) is 0 Å². The first-order valence-corrected chi connectivity index (χ1v) is 6.89. The topological polar surface area (TPSA) is 29.0 Å². The molecule has 0 fully saturated rings. The van der Waals surface area contributed by atoms with Gasteiger partial charge in [0.1, 0.15) is 11.3 Å². The summed E-state index contributed by atoms with van der Waals surface area (Å²) in [4.78, 5) is 10.4. The predicted octanol–water partition coefficient (Wildman–Crippen LogP) is 3.46. The van der Waals surface area contributed by atoms with E-state index < -0.39 is 0 Å². The van der Waals surface area contributed by atoms with Crippen molar-refractivity contribution in [2.24, 2.45) is 0 Å². The summed E-state index contributed by atoms with van der Waals surface area (Å²) in [6.07, 6.45) is 4.19. The maximum atomic E-state index is 6.15. The average Bonchev–Trinajstić information content (AvgIpc) is 2.40. The van der Waals surface area contributed by atoms with E-state index >= 15 is 0 Å². The van der Waals surface area contributed by atoms with Gasteiger partial charge in [-0.1, -0.05) is 39.7 Å². The first-order valence-electron chi connectivity index (χ1n) is 5.72. The fourth-order valence-electron chi connectivity index (χ4n) is 2.26. The number of hydrogen-bond acceptors (Lipinski definition) is 3. The number of fused-ring (bicyclic) bond motifs is 1. The summed E-state index contributed by atoms with van der Waals surface area (Å²) in [5, 5.41) is 0.605. The molecule has 92 valence electrons. The highest BCUT2D eigenvalue weighted by Crippen LogP contribution is 2.31. The van der Waals surface area contributed by atoms with E-state index in [1.807, 2.05) is 0 Å². The second-order valence-electron chi connectivity index (χ2n) is 4.24. The van der Waals surface area contributed by atoms with Gasteiger partial charge in [-0.15, -0.1) is 0 Å². The standard InChI is InChI=1S/C13H11BrClN3/c14-11-3-1-2-9-4-5-18(7-10(9)11)13-12(15)6-16-8-17-13/h1-3,6,8H,4-5,7H2. The van der Waals surface area contributed by atoms with E-state index in [2.05, 4.69) is 49.0 Å². The molecular weight excluding hydrogens is 314 g/mol. The molecular formula is C13H11BrClN3. The van der Waals surface area contributed by atoms with Gasteiger partial charge >= 0.3 is 0 Å². The van der Waals surface area contributed by atoms with Gasteiger partial charge < -0.3 is 4.90 Å². The molecule has 0 saturated carbocycles. The van der Waals surface area contributed by atoms with Gasteiger partial charge in [0.05, 0.1) is 6.20 Å². The predicted molar refractivity (Wildman–Crippen MR) is 75.9 cm³/mol. The van der Waals surface area contributed by atoms with E-state index in [4.69, 9.17) is 11.6 Å². The number of benzene rings is 1. The lowest BCUT2D eigenvalue weighted by atomic mass is 10.00. The molecule has 2 aromatic rings. The van der Waals surface area contributed by atoms with Crippen molar-refractivity contribution in [1.82, 2.24) is 9.97 Å². The third-order valence-electron chi connectivity index (χ3n) is 3.16. The van der Waals surface area contributed by atoms with Gasteiger partial charge in [0, 0.05) is 17.6 Å². The summed E-state index contributed by atoms with van der Waals surface area (Å²) in [5.41, 5.74) is 2.71. The molecule has 0 radical (unpaired) electrons. The van der Waals surface area contributed by atoms with Crippen molar-refractivity contribution >= 4 is 33.3 Å². The molecule has 0 unspecified atom stereocenters. The highest BCUT2D eigenvalue weighted by atomic mass is 79.9. The van der Waals surface area contributed by atoms with Crippen LogP contribution in [0.2, 0.25) is 5.02 Å². The first-order chi connectivity index (χ1) is 8.75.